The number of nitro groups is 1. The first-order valence-corrected chi connectivity index (χ1v) is 11.2. The van der Waals surface area contributed by atoms with Crippen LogP contribution in [0.15, 0.2) is 36.4 Å². The number of benzene rings is 2. The van der Waals surface area contributed by atoms with E-state index >= 15 is 0 Å². The van der Waals surface area contributed by atoms with Crippen LogP contribution in [0.3, 0.4) is 0 Å². The summed E-state index contributed by atoms with van der Waals surface area (Å²) in [6.45, 7) is 3.41. The van der Waals surface area contributed by atoms with Crippen LogP contribution in [0.4, 0.5) is 24.5 Å². The second kappa shape index (κ2) is 11.0. The molecule has 0 bridgehead atoms. The Morgan fingerprint density at radius 2 is 1.78 bits per heavy atom. The van der Waals surface area contributed by atoms with E-state index in [1.54, 1.807) is 13.8 Å². The number of nitrogens with one attached hydrogen (secondary N) is 1. The summed E-state index contributed by atoms with van der Waals surface area (Å²) >= 11 is 5.87. The van der Waals surface area contributed by atoms with Gasteiger partial charge in [0.2, 0.25) is 0 Å². The van der Waals surface area contributed by atoms with Crippen LogP contribution in [-0.4, -0.2) is 24.5 Å². The molecule has 1 N–H and O–H groups in total. The molecule has 2 aromatic rings. The molecule has 0 amide bonds. The van der Waals surface area contributed by atoms with Crippen molar-refractivity contribution in [1.29, 1.82) is 0 Å². The van der Waals surface area contributed by atoms with Crippen LogP contribution >= 0.6 is 19.2 Å². The fourth-order valence-electron chi connectivity index (χ4n) is 2.40. The Kier molecular flexibility index (Phi) is 8.88. The Bertz CT molecular complexity index is 997. The highest BCUT2D eigenvalue weighted by molar-refractivity contribution is 7.53. The normalized spacial score (nSPS) is 11.9. The number of hydrogen-bond acceptors (Lipinski definition) is 8. The number of alkyl halides is 3. The first-order valence-electron chi connectivity index (χ1n) is 9.08. The van der Waals surface area contributed by atoms with Gasteiger partial charge in [-0.1, -0.05) is 11.6 Å². The highest BCUT2D eigenvalue weighted by Crippen LogP contribution is 2.48. The van der Waals surface area contributed by atoms with Gasteiger partial charge in [0, 0.05) is 12.1 Å². The molecule has 0 aromatic heterocycles. The van der Waals surface area contributed by atoms with Crippen molar-refractivity contribution in [3.63, 3.8) is 0 Å². The highest BCUT2D eigenvalue weighted by atomic mass is 35.5. The molecule has 0 fully saturated rings. The minimum atomic E-state index is -4.58. The Morgan fingerprint density at radius 3 is 2.31 bits per heavy atom. The lowest BCUT2D eigenvalue weighted by atomic mass is 10.2. The molecule has 0 spiro atoms. The lowest BCUT2D eigenvalue weighted by Crippen LogP contribution is -2.09. The largest absolute Gasteiger partial charge is 0.456 e. The van der Waals surface area contributed by atoms with Crippen molar-refractivity contribution in [3.05, 3.63) is 57.1 Å². The molecular weight excluding hydrogens is 480 g/mol. The van der Waals surface area contributed by atoms with Gasteiger partial charge < -0.3 is 13.8 Å². The lowest BCUT2D eigenvalue weighted by molar-refractivity contribution is -0.384. The lowest BCUT2D eigenvalue weighted by Gasteiger charge is -2.17. The topological polar surface area (TPSA) is 109 Å². The van der Waals surface area contributed by atoms with E-state index in [1.165, 1.54) is 12.1 Å². The van der Waals surface area contributed by atoms with Crippen molar-refractivity contribution >= 4 is 30.6 Å². The monoisotopic (exact) mass is 498 g/mol. The van der Waals surface area contributed by atoms with E-state index in [0.29, 0.717) is 6.07 Å². The Morgan fingerprint density at radius 1 is 1.12 bits per heavy atom. The zero-order valence-electron chi connectivity index (χ0n) is 16.8. The van der Waals surface area contributed by atoms with E-state index in [2.05, 4.69) is 5.48 Å². The minimum absolute atomic E-state index is 0.0150. The molecule has 0 heterocycles. The van der Waals surface area contributed by atoms with Crippen molar-refractivity contribution in [2.45, 2.75) is 20.0 Å². The zero-order valence-corrected chi connectivity index (χ0v) is 18.5. The Balaban J connectivity index is 2.21. The van der Waals surface area contributed by atoms with Gasteiger partial charge in [-0.15, -0.1) is 0 Å². The summed E-state index contributed by atoms with van der Waals surface area (Å²) in [6, 6.07) is 5.98. The van der Waals surface area contributed by atoms with E-state index < -0.39 is 36.3 Å². The van der Waals surface area contributed by atoms with Crippen LogP contribution in [0.25, 0.3) is 0 Å². The van der Waals surface area contributed by atoms with Crippen molar-refractivity contribution in [3.8, 4) is 11.5 Å². The van der Waals surface area contributed by atoms with Crippen LogP contribution in [0.1, 0.15) is 19.4 Å². The fourth-order valence-corrected chi connectivity index (χ4v) is 3.85. The summed E-state index contributed by atoms with van der Waals surface area (Å²) < 4.78 is 66.3. The van der Waals surface area contributed by atoms with Gasteiger partial charge in [0.05, 0.1) is 28.7 Å². The van der Waals surface area contributed by atoms with Gasteiger partial charge in [0.25, 0.3) is 5.69 Å². The molecule has 0 aliphatic heterocycles. The van der Waals surface area contributed by atoms with Crippen molar-refractivity contribution in [2.75, 3.05) is 25.0 Å². The van der Waals surface area contributed by atoms with Gasteiger partial charge in [0.1, 0.15) is 17.2 Å². The molecule has 0 unspecified atom stereocenters. The molecule has 0 aliphatic carbocycles. The SMILES string of the molecule is CCOP(=O)(CONc1cc(Oc2ccc(C(F)(F)F)cc2Cl)ccc1[N+](=O)[O-])OCC. The van der Waals surface area contributed by atoms with Gasteiger partial charge in [-0.25, -0.2) is 0 Å². The van der Waals surface area contributed by atoms with Crippen LogP contribution < -0.4 is 10.2 Å². The Labute approximate surface area is 186 Å². The van der Waals surface area contributed by atoms with E-state index in [9.17, 15) is 27.9 Å². The molecular formula is C18H19ClF3N2O7P. The summed E-state index contributed by atoms with van der Waals surface area (Å²) in [5.41, 5.74) is 0.770. The number of ether oxygens (including phenoxy) is 1. The summed E-state index contributed by atoms with van der Waals surface area (Å²) in [5, 5.41) is 11.0. The van der Waals surface area contributed by atoms with E-state index in [0.717, 1.165) is 18.2 Å². The van der Waals surface area contributed by atoms with E-state index in [1.807, 2.05) is 0 Å². The van der Waals surface area contributed by atoms with Crippen LogP contribution in [0.5, 0.6) is 11.5 Å². The van der Waals surface area contributed by atoms with Gasteiger partial charge in [-0.3, -0.25) is 25.0 Å². The first-order chi connectivity index (χ1) is 15.0. The number of hydrogen-bond donors (Lipinski definition) is 1. The molecule has 0 saturated heterocycles. The molecule has 32 heavy (non-hydrogen) atoms. The van der Waals surface area contributed by atoms with Crippen LogP contribution in [-0.2, 0) is 24.6 Å². The second-order valence-corrected chi connectivity index (χ2v) is 8.41. The van der Waals surface area contributed by atoms with Gasteiger partial charge >= 0.3 is 13.8 Å². The van der Waals surface area contributed by atoms with Crippen molar-refractivity contribution < 1.29 is 41.3 Å². The van der Waals surface area contributed by atoms with E-state index in [4.69, 9.17) is 30.2 Å². The third-order valence-corrected chi connectivity index (χ3v) is 5.75. The molecule has 14 heteroatoms. The zero-order chi connectivity index (χ0) is 23.9. The average molecular weight is 499 g/mol. The average Bonchev–Trinajstić information content (AvgIpc) is 2.69. The molecule has 176 valence electrons. The maximum absolute atomic E-state index is 12.8. The predicted molar refractivity (Wildman–Crippen MR) is 110 cm³/mol. The number of halogens is 4. The molecule has 0 saturated carbocycles. The maximum atomic E-state index is 12.8. The van der Waals surface area contributed by atoms with E-state index in [-0.39, 0.29) is 35.4 Å². The van der Waals surface area contributed by atoms with Crippen LogP contribution in [0, 0.1) is 10.1 Å². The maximum Gasteiger partial charge on any atom is 0.416 e. The minimum Gasteiger partial charge on any atom is -0.456 e. The molecule has 0 radical (unpaired) electrons. The summed E-state index contributed by atoms with van der Waals surface area (Å²) in [5.74, 6) is -0.0845. The molecule has 9 nitrogen and oxygen atoms in total. The number of rotatable bonds is 11. The standard InChI is InChI=1S/C18H19ClF3N2O7P/c1-3-29-32(27,30-4-2)11-28-23-15-10-13(6-7-16(15)24(25)26)31-17-8-5-12(9-14(17)19)18(20,21)22/h5-10,23H,3-4,11H2,1-2H3. The summed E-state index contributed by atoms with van der Waals surface area (Å²) in [4.78, 5) is 15.7. The number of nitrogens with zero attached hydrogens (tertiary/aromatic N) is 1. The third kappa shape index (κ3) is 7.07. The smallest absolute Gasteiger partial charge is 0.416 e. The first kappa shape index (κ1) is 25.9. The van der Waals surface area contributed by atoms with Crippen LogP contribution in [0.2, 0.25) is 5.02 Å². The quantitative estimate of drug-likeness (QED) is 0.209. The van der Waals surface area contributed by atoms with Gasteiger partial charge in [-0.2, -0.15) is 13.2 Å². The summed E-state index contributed by atoms with van der Waals surface area (Å²) in [7, 11) is -3.58. The number of nitro benzene ring substituents is 1. The van der Waals surface area contributed by atoms with Gasteiger partial charge in [-0.05, 0) is 38.1 Å². The fraction of sp³-hybridized carbons (Fsp3) is 0.333. The molecule has 2 rings (SSSR count). The molecule has 2 aromatic carbocycles. The van der Waals surface area contributed by atoms with Crippen molar-refractivity contribution in [1.82, 2.24) is 0 Å². The van der Waals surface area contributed by atoms with Crippen molar-refractivity contribution in [2.24, 2.45) is 0 Å². The molecule has 0 aliphatic rings. The predicted octanol–water partition coefficient (Wildman–Crippen LogP) is 6.63. The molecule has 0 atom stereocenters. The highest BCUT2D eigenvalue weighted by Gasteiger charge is 2.31. The Hall–Kier alpha value is -2.37. The number of anilines is 1. The summed E-state index contributed by atoms with van der Waals surface area (Å²) in [6.07, 6.45) is -5.12. The second-order valence-electron chi connectivity index (χ2n) is 6.00. The van der Waals surface area contributed by atoms with Gasteiger partial charge in [0.15, 0.2) is 6.35 Å². The third-order valence-electron chi connectivity index (χ3n) is 3.71.